The van der Waals surface area contributed by atoms with E-state index in [9.17, 15) is 5.26 Å². The van der Waals surface area contributed by atoms with E-state index in [2.05, 4.69) is 15.9 Å². The van der Waals surface area contributed by atoms with E-state index in [0.717, 1.165) is 12.5 Å². The smallest absolute Gasteiger partial charge is 0.0672 e. The van der Waals surface area contributed by atoms with Gasteiger partial charge >= 0.3 is 0 Å². The van der Waals surface area contributed by atoms with Gasteiger partial charge in [0.05, 0.1) is 12.0 Å². The molecule has 3 heteroatoms. The van der Waals surface area contributed by atoms with Gasteiger partial charge in [-0.25, -0.2) is 0 Å². The molecular formula is C14H23N3. The van der Waals surface area contributed by atoms with Crippen LogP contribution in [0.4, 0.5) is 0 Å². The van der Waals surface area contributed by atoms with Crippen molar-refractivity contribution in [1.82, 2.24) is 9.80 Å². The number of rotatable bonds is 1. The van der Waals surface area contributed by atoms with Gasteiger partial charge in [-0.3, -0.25) is 9.80 Å². The Bertz CT molecular complexity index is 309. The summed E-state index contributed by atoms with van der Waals surface area (Å²) in [4.78, 5) is 5.31. The normalized spacial score (nSPS) is 39.8. The van der Waals surface area contributed by atoms with Crippen molar-refractivity contribution in [2.45, 2.75) is 50.6 Å². The molecule has 1 aliphatic carbocycles. The minimum absolute atomic E-state index is 0.310. The van der Waals surface area contributed by atoms with Crippen LogP contribution in [-0.4, -0.2) is 48.1 Å². The molecule has 0 N–H and O–H groups in total. The number of piperidine rings is 1. The molecule has 2 saturated heterocycles. The zero-order chi connectivity index (χ0) is 11.7. The number of piperazine rings is 1. The van der Waals surface area contributed by atoms with Crippen molar-refractivity contribution in [3.63, 3.8) is 0 Å². The molecule has 3 rings (SSSR count). The third-order valence-corrected chi connectivity index (χ3v) is 4.98. The largest absolute Gasteiger partial charge is 0.298 e. The lowest BCUT2D eigenvalue weighted by atomic mass is 9.96. The quantitative estimate of drug-likeness (QED) is 0.692. The van der Waals surface area contributed by atoms with Crippen molar-refractivity contribution < 1.29 is 0 Å². The van der Waals surface area contributed by atoms with Gasteiger partial charge < -0.3 is 0 Å². The van der Waals surface area contributed by atoms with E-state index in [4.69, 9.17) is 0 Å². The van der Waals surface area contributed by atoms with Crippen LogP contribution in [0.2, 0.25) is 0 Å². The Balaban J connectivity index is 1.63. The Morgan fingerprint density at radius 2 is 1.76 bits per heavy atom. The first-order valence-electron chi connectivity index (χ1n) is 7.26. The number of nitriles is 1. The molecule has 3 atom stereocenters. The third-order valence-electron chi connectivity index (χ3n) is 4.98. The zero-order valence-corrected chi connectivity index (χ0v) is 10.6. The first-order chi connectivity index (χ1) is 8.38. The first-order valence-corrected chi connectivity index (χ1v) is 7.26. The van der Waals surface area contributed by atoms with Gasteiger partial charge in [-0.2, -0.15) is 5.26 Å². The predicted molar refractivity (Wildman–Crippen MR) is 67.5 cm³/mol. The fourth-order valence-electron chi connectivity index (χ4n) is 4.01. The zero-order valence-electron chi connectivity index (χ0n) is 10.6. The lowest BCUT2D eigenvalue weighted by Gasteiger charge is -2.46. The van der Waals surface area contributed by atoms with E-state index in [-0.39, 0.29) is 0 Å². The van der Waals surface area contributed by atoms with Crippen LogP contribution in [0.1, 0.15) is 38.5 Å². The van der Waals surface area contributed by atoms with Crippen LogP contribution < -0.4 is 0 Å². The topological polar surface area (TPSA) is 30.3 Å². The van der Waals surface area contributed by atoms with Crippen LogP contribution in [0.15, 0.2) is 0 Å². The third kappa shape index (κ3) is 2.21. The molecule has 0 aromatic rings. The minimum atomic E-state index is 0.310. The fraction of sp³-hybridized carbons (Fsp3) is 0.929. The molecular weight excluding hydrogens is 210 g/mol. The highest BCUT2D eigenvalue weighted by molar-refractivity contribution is 4.99. The minimum Gasteiger partial charge on any atom is -0.298 e. The van der Waals surface area contributed by atoms with E-state index in [1.165, 1.54) is 58.3 Å². The maximum Gasteiger partial charge on any atom is 0.0672 e. The molecule has 2 aliphatic heterocycles. The Morgan fingerprint density at radius 1 is 0.882 bits per heavy atom. The molecule has 0 bridgehead atoms. The van der Waals surface area contributed by atoms with E-state index < -0.39 is 0 Å². The summed E-state index contributed by atoms with van der Waals surface area (Å²) in [7, 11) is 0. The lowest BCUT2D eigenvalue weighted by Crippen LogP contribution is -2.57. The van der Waals surface area contributed by atoms with Crippen molar-refractivity contribution in [2.75, 3.05) is 26.2 Å². The fourth-order valence-corrected chi connectivity index (χ4v) is 4.01. The number of fused-ring (bicyclic) bond motifs is 1. The summed E-state index contributed by atoms with van der Waals surface area (Å²) in [5.41, 5.74) is 0. The number of hydrogen-bond donors (Lipinski definition) is 0. The Kier molecular flexibility index (Phi) is 3.35. The number of nitrogens with zero attached hydrogens (tertiary/aromatic N) is 3. The average Bonchev–Trinajstić information content (AvgIpc) is 2.86. The molecule has 3 fully saturated rings. The summed E-state index contributed by atoms with van der Waals surface area (Å²) in [5, 5.41) is 9.21. The maximum atomic E-state index is 9.21. The summed E-state index contributed by atoms with van der Waals surface area (Å²) in [6.45, 7) is 4.96. The molecule has 3 nitrogen and oxygen atoms in total. The second kappa shape index (κ2) is 4.96. The van der Waals surface area contributed by atoms with E-state index >= 15 is 0 Å². The summed E-state index contributed by atoms with van der Waals surface area (Å²) < 4.78 is 0. The van der Waals surface area contributed by atoms with E-state index in [0.29, 0.717) is 12.0 Å². The molecule has 2 heterocycles. The molecule has 0 radical (unpaired) electrons. The molecule has 0 spiro atoms. The van der Waals surface area contributed by atoms with Crippen LogP contribution in [0, 0.1) is 17.2 Å². The van der Waals surface area contributed by atoms with E-state index in [1.807, 2.05) is 0 Å². The van der Waals surface area contributed by atoms with Crippen molar-refractivity contribution in [1.29, 1.82) is 5.26 Å². The average molecular weight is 233 g/mol. The monoisotopic (exact) mass is 233 g/mol. The lowest BCUT2D eigenvalue weighted by molar-refractivity contribution is 0.0231. The van der Waals surface area contributed by atoms with Gasteiger partial charge in [0, 0.05) is 31.7 Å². The Hall–Kier alpha value is -0.590. The highest BCUT2D eigenvalue weighted by atomic mass is 15.3. The SMILES string of the molecule is N#CC1CCCC1N1CCN2CCCCC2C1. The Morgan fingerprint density at radius 3 is 2.65 bits per heavy atom. The molecule has 1 saturated carbocycles. The van der Waals surface area contributed by atoms with Crippen molar-refractivity contribution in [2.24, 2.45) is 5.92 Å². The van der Waals surface area contributed by atoms with Crippen molar-refractivity contribution >= 4 is 0 Å². The van der Waals surface area contributed by atoms with E-state index in [1.54, 1.807) is 0 Å². The molecule has 0 aromatic heterocycles. The second-order valence-corrected chi connectivity index (χ2v) is 5.91. The van der Waals surface area contributed by atoms with Crippen molar-refractivity contribution in [3.8, 4) is 6.07 Å². The van der Waals surface area contributed by atoms with Gasteiger partial charge in [0.25, 0.3) is 0 Å². The molecule has 0 aromatic carbocycles. The second-order valence-electron chi connectivity index (χ2n) is 5.91. The van der Waals surface area contributed by atoms with Gasteiger partial charge in [0.15, 0.2) is 0 Å². The highest BCUT2D eigenvalue weighted by Crippen LogP contribution is 2.32. The van der Waals surface area contributed by atoms with Crippen LogP contribution in [0.3, 0.4) is 0 Å². The van der Waals surface area contributed by atoms with Crippen LogP contribution in [-0.2, 0) is 0 Å². The molecule has 0 amide bonds. The molecule has 3 aliphatic rings. The van der Waals surface area contributed by atoms with Gasteiger partial charge in [-0.05, 0) is 32.2 Å². The molecule has 3 unspecified atom stereocenters. The summed E-state index contributed by atoms with van der Waals surface area (Å²) in [6.07, 6.45) is 7.81. The van der Waals surface area contributed by atoms with Gasteiger partial charge in [-0.15, -0.1) is 0 Å². The summed E-state index contributed by atoms with van der Waals surface area (Å²) in [6, 6.07) is 3.89. The Labute approximate surface area is 104 Å². The van der Waals surface area contributed by atoms with Crippen molar-refractivity contribution in [3.05, 3.63) is 0 Å². The van der Waals surface area contributed by atoms with Crippen LogP contribution in [0.25, 0.3) is 0 Å². The maximum absolute atomic E-state index is 9.21. The summed E-state index contributed by atoms with van der Waals surface area (Å²) >= 11 is 0. The van der Waals surface area contributed by atoms with Gasteiger partial charge in [-0.1, -0.05) is 12.8 Å². The number of hydrogen-bond acceptors (Lipinski definition) is 3. The standard InChI is InChI=1S/C14H23N3/c15-10-12-4-3-6-14(12)17-9-8-16-7-2-1-5-13(16)11-17/h12-14H,1-9,11H2. The van der Waals surface area contributed by atoms with Crippen LogP contribution >= 0.6 is 0 Å². The molecule has 17 heavy (non-hydrogen) atoms. The predicted octanol–water partition coefficient (Wildman–Crippen LogP) is 1.85. The first kappa shape index (κ1) is 11.5. The van der Waals surface area contributed by atoms with Gasteiger partial charge in [0.2, 0.25) is 0 Å². The highest BCUT2D eigenvalue weighted by Gasteiger charge is 2.37. The van der Waals surface area contributed by atoms with Gasteiger partial charge in [0.1, 0.15) is 0 Å². The summed E-state index contributed by atoms with van der Waals surface area (Å²) in [5.74, 6) is 0.310. The molecule has 94 valence electrons. The van der Waals surface area contributed by atoms with Crippen LogP contribution in [0.5, 0.6) is 0 Å².